The first-order valence-corrected chi connectivity index (χ1v) is 22.3. The van der Waals surface area contributed by atoms with E-state index >= 15 is 0 Å². The normalized spacial score (nSPS) is 14.2. The lowest BCUT2D eigenvalue weighted by molar-refractivity contribution is 0.569. The topological polar surface area (TPSA) is 3.24 Å². The van der Waals surface area contributed by atoms with Crippen LogP contribution in [0.4, 0.5) is 17.1 Å². The molecule has 60 heavy (non-hydrogen) atoms. The SMILES string of the molecule is CC(C)(C)c1cc(-c2cc(N(c3ccc4c(c3)C(C)(C)c3ccccc3-4)c3ccccc3C(C)(C)C)cc(C(C)(C)C)c2)cc(-c2cc(C(C)(C)C)cc(C(C)(C)C)c2)c1. The van der Waals surface area contributed by atoms with Crippen LogP contribution in [0.5, 0.6) is 0 Å². The molecule has 6 aromatic rings. The summed E-state index contributed by atoms with van der Waals surface area (Å²) in [4.78, 5) is 2.55. The van der Waals surface area contributed by atoms with Crippen molar-refractivity contribution in [2.75, 3.05) is 4.90 Å². The van der Waals surface area contributed by atoms with Gasteiger partial charge in [-0.1, -0.05) is 203 Å². The first-order chi connectivity index (χ1) is 27.6. The van der Waals surface area contributed by atoms with Gasteiger partial charge >= 0.3 is 0 Å². The Morgan fingerprint density at radius 1 is 0.350 bits per heavy atom. The first kappa shape index (κ1) is 43.2. The molecule has 0 amide bonds. The number of hydrogen-bond acceptors (Lipinski definition) is 1. The highest BCUT2D eigenvalue weighted by molar-refractivity contribution is 5.88. The van der Waals surface area contributed by atoms with E-state index in [0.29, 0.717) is 0 Å². The van der Waals surface area contributed by atoms with E-state index in [2.05, 4.69) is 244 Å². The maximum absolute atomic E-state index is 2.55. The van der Waals surface area contributed by atoms with Crippen molar-refractivity contribution >= 4 is 17.1 Å². The zero-order valence-electron chi connectivity index (χ0n) is 40.0. The molecule has 0 fully saturated rings. The zero-order chi connectivity index (χ0) is 44.0. The fourth-order valence-corrected chi connectivity index (χ4v) is 8.96. The van der Waals surface area contributed by atoms with Gasteiger partial charge in [0.15, 0.2) is 0 Å². The van der Waals surface area contributed by atoms with Crippen molar-refractivity contribution in [1.82, 2.24) is 0 Å². The number of hydrogen-bond donors (Lipinski definition) is 0. The van der Waals surface area contributed by atoms with Crippen LogP contribution in [0.3, 0.4) is 0 Å². The largest absolute Gasteiger partial charge is 0.310 e. The quantitative estimate of drug-likeness (QED) is 0.168. The van der Waals surface area contributed by atoms with E-state index in [4.69, 9.17) is 0 Å². The average Bonchev–Trinajstić information content (AvgIpc) is 3.38. The van der Waals surface area contributed by atoms with Gasteiger partial charge in [0.1, 0.15) is 0 Å². The van der Waals surface area contributed by atoms with E-state index in [0.717, 1.165) is 0 Å². The Morgan fingerprint density at radius 3 is 1.32 bits per heavy atom. The maximum Gasteiger partial charge on any atom is 0.0498 e. The fraction of sp³-hybridized carbons (Fsp3) is 0.390. The molecule has 0 spiro atoms. The highest BCUT2D eigenvalue weighted by Crippen LogP contribution is 2.52. The van der Waals surface area contributed by atoms with Crippen molar-refractivity contribution in [3.05, 3.63) is 160 Å². The molecule has 0 bridgehead atoms. The molecule has 0 heterocycles. The summed E-state index contributed by atoms with van der Waals surface area (Å²) >= 11 is 0. The molecule has 1 aliphatic carbocycles. The summed E-state index contributed by atoms with van der Waals surface area (Å²) in [6.45, 7) is 39.9. The van der Waals surface area contributed by atoms with Crippen LogP contribution < -0.4 is 4.90 Å². The number of nitrogens with zero attached hydrogens (tertiary/aromatic N) is 1. The van der Waals surface area contributed by atoms with E-state index in [9.17, 15) is 0 Å². The van der Waals surface area contributed by atoms with Crippen LogP contribution >= 0.6 is 0 Å². The lowest BCUT2D eigenvalue weighted by atomic mass is 9.77. The minimum absolute atomic E-state index is 0.0266. The summed E-state index contributed by atoms with van der Waals surface area (Å²) in [5.41, 5.74) is 20.5. The summed E-state index contributed by atoms with van der Waals surface area (Å²) < 4.78 is 0. The third-order valence-electron chi connectivity index (χ3n) is 13.0. The van der Waals surface area contributed by atoms with Gasteiger partial charge in [0.2, 0.25) is 0 Å². The third-order valence-corrected chi connectivity index (χ3v) is 13.0. The van der Waals surface area contributed by atoms with Gasteiger partial charge in [-0.3, -0.25) is 0 Å². The molecule has 0 aromatic heterocycles. The molecule has 0 aliphatic heterocycles. The van der Waals surface area contributed by atoms with E-state index in [1.54, 1.807) is 0 Å². The molecule has 6 aromatic carbocycles. The monoisotopic (exact) mass is 794 g/mol. The molecular weight excluding hydrogens is 723 g/mol. The van der Waals surface area contributed by atoms with Gasteiger partial charge < -0.3 is 4.90 Å². The number of anilines is 3. The second-order valence-electron chi connectivity index (χ2n) is 23.4. The standard InChI is InChI=1S/C59H71N/c1-54(2,3)42-29-38(40-31-43(55(4,5)6)35-44(32-40)56(7,8)9)28-39(30-42)41-33-45(57(10,11)12)36-47(34-41)60(53-25-21-20-24-51(53)58(13,14)15)46-26-27-49-48-22-18-19-23-50(48)59(16,17)52(49)37-46/h18-37H,1-17H3. The molecule has 312 valence electrons. The van der Waals surface area contributed by atoms with Crippen LogP contribution in [0.2, 0.25) is 0 Å². The molecule has 1 nitrogen and oxygen atoms in total. The molecule has 1 heteroatoms. The molecule has 0 N–H and O–H groups in total. The highest BCUT2D eigenvalue weighted by Gasteiger charge is 2.36. The van der Waals surface area contributed by atoms with Gasteiger partial charge in [-0.2, -0.15) is 0 Å². The summed E-state index contributed by atoms with van der Waals surface area (Å²) in [5, 5.41) is 0. The predicted octanol–water partition coefficient (Wildman–Crippen LogP) is 17.3. The Morgan fingerprint density at radius 2 is 0.783 bits per heavy atom. The van der Waals surface area contributed by atoms with Gasteiger partial charge in [-0.25, -0.2) is 0 Å². The van der Waals surface area contributed by atoms with Crippen molar-refractivity contribution in [2.24, 2.45) is 0 Å². The smallest absolute Gasteiger partial charge is 0.0498 e. The van der Waals surface area contributed by atoms with Gasteiger partial charge in [-0.15, -0.1) is 0 Å². The highest BCUT2D eigenvalue weighted by atomic mass is 15.1. The van der Waals surface area contributed by atoms with Crippen LogP contribution in [0.25, 0.3) is 33.4 Å². The van der Waals surface area contributed by atoms with Crippen molar-refractivity contribution in [3.8, 4) is 33.4 Å². The summed E-state index contributed by atoms with van der Waals surface area (Å²) in [6, 6.07) is 47.2. The van der Waals surface area contributed by atoms with Crippen LogP contribution in [0.1, 0.15) is 157 Å². The molecule has 0 atom stereocenters. The first-order valence-electron chi connectivity index (χ1n) is 22.3. The van der Waals surface area contributed by atoms with Gasteiger partial charge in [0.25, 0.3) is 0 Å². The van der Waals surface area contributed by atoms with Crippen LogP contribution in [-0.4, -0.2) is 0 Å². The molecule has 0 unspecified atom stereocenters. The fourth-order valence-electron chi connectivity index (χ4n) is 8.96. The number of benzene rings is 6. The predicted molar refractivity (Wildman–Crippen MR) is 263 cm³/mol. The Balaban J connectivity index is 1.52. The van der Waals surface area contributed by atoms with Crippen molar-refractivity contribution in [3.63, 3.8) is 0 Å². The number of rotatable bonds is 5. The van der Waals surface area contributed by atoms with Crippen molar-refractivity contribution < 1.29 is 0 Å². The summed E-state index contributed by atoms with van der Waals surface area (Å²) in [7, 11) is 0. The van der Waals surface area contributed by atoms with Crippen molar-refractivity contribution in [1.29, 1.82) is 0 Å². The van der Waals surface area contributed by atoms with Gasteiger partial charge in [-0.05, 0) is 136 Å². The average molecular weight is 794 g/mol. The minimum Gasteiger partial charge on any atom is -0.310 e. The molecule has 0 saturated carbocycles. The Bertz CT molecular complexity index is 2540. The lowest BCUT2D eigenvalue weighted by Crippen LogP contribution is -2.21. The van der Waals surface area contributed by atoms with Crippen molar-refractivity contribution in [2.45, 2.75) is 150 Å². The van der Waals surface area contributed by atoms with E-state index in [1.807, 2.05) is 0 Å². The van der Waals surface area contributed by atoms with Crippen LogP contribution in [-0.2, 0) is 32.5 Å². The number of para-hydroxylation sites is 1. The molecule has 1 aliphatic rings. The lowest BCUT2D eigenvalue weighted by Gasteiger charge is -2.34. The molecular formula is C59H71N. The van der Waals surface area contributed by atoms with Crippen LogP contribution in [0.15, 0.2) is 121 Å². The second-order valence-corrected chi connectivity index (χ2v) is 23.4. The third kappa shape index (κ3) is 8.27. The van der Waals surface area contributed by atoms with E-state index < -0.39 is 0 Å². The molecule has 7 rings (SSSR count). The molecule has 0 saturated heterocycles. The Hall–Kier alpha value is -4.88. The van der Waals surface area contributed by atoms with Gasteiger partial charge in [0.05, 0.1) is 0 Å². The summed E-state index contributed by atoms with van der Waals surface area (Å²) in [6.07, 6.45) is 0. The van der Waals surface area contributed by atoms with Gasteiger partial charge in [0, 0.05) is 22.5 Å². The zero-order valence-corrected chi connectivity index (χ0v) is 40.0. The summed E-state index contributed by atoms with van der Waals surface area (Å²) in [5.74, 6) is 0. The Labute approximate surface area is 364 Å². The molecule has 0 radical (unpaired) electrons. The Kier molecular flexibility index (Phi) is 10.5. The maximum atomic E-state index is 2.55. The van der Waals surface area contributed by atoms with E-state index in [1.165, 1.54) is 89.4 Å². The second kappa shape index (κ2) is 14.6. The van der Waals surface area contributed by atoms with Crippen LogP contribution in [0, 0.1) is 0 Å². The number of fused-ring (bicyclic) bond motifs is 3. The van der Waals surface area contributed by atoms with E-state index in [-0.39, 0.29) is 32.5 Å². The minimum atomic E-state index is -0.115.